The molecule has 0 unspecified atom stereocenters. The molecular weight excluding hydrogens is 364 g/mol. The monoisotopic (exact) mass is 380 g/mol. The first-order valence-corrected chi connectivity index (χ1v) is 8.90. The Bertz CT molecular complexity index is 802. The van der Waals surface area contributed by atoms with Crippen LogP contribution in [0.5, 0.6) is 0 Å². The summed E-state index contributed by atoms with van der Waals surface area (Å²) in [6.07, 6.45) is 4.69. The molecule has 0 saturated carbocycles. The maximum atomic E-state index is 12.0. The second-order valence-electron chi connectivity index (χ2n) is 5.25. The Labute approximate surface area is 153 Å². The van der Waals surface area contributed by atoms with Crippen LogP contribution in [-0.4, -0.2) is 21.0 Å². The summed E-state index contributed by atoms with van der Waals surface area (Å²) in [6, 6.07) is 4.32. The van der Waals surface area contributed by atoms with E-state index in [1.54, 1.807) is 6.07 Å². The van der Waals surface area contributed by atoms with E-state index in [0.717, 1.165) is 17.8 Å². The zero-order valence-corrected chi connectivity index (χ0v) is 15.3. The first-order valence-electron chi connectivity index (χ1n) is 7.71. The molecule has 0 saturated heterocycles. The zero-order chi connectivity index (χ0) is 18.4. The Morgan fingerprint density at radius 1 is 1.40 bits per heavy atom. The topological polar surface area (TPSA) is 98.0 Å². The number of hydrogen-bond donors (Lipinski definition) is 1. The highest BCUT2D eigenvalue weighted by molar-refractivity contribution is 7.15. The number of carbonyl (C=O) groups is 1. The third-order valence-electron chi connectivity index (χ3n) is 3.60. The minimum absolute atomic E-state index is 0.0504. The molecule has 2 aromatic rings. The second-order valence-corrected chi connectivity index (χ2v) is 6.67. The molecule has 1 amide bonds. The first-order chi connectivity index (χ1) is 11.9. The predicted octanol–water partition coefficient (Wildman–Crippen LogP) is 4.66. The van der Waals surface area contributed by atoms with Crippen LogP contribution in [0.2, 0.25) is 5.02 Å². The molecule has 1 aromatic carbocycles. The maximum absolute atomic E-state index is 12.0. The van der Waals surface area contributed by atoms with Crippen LogP contribution in [0.25, 0.3) is 6.08 Å². The molecule has 0 atom stereocenters. The van der Waals surface area contributed by atoms with Gasteiger partial charge in [0.05, 0.1) is 4.92 Å². The van der Waals surface area contributed by atoms with E-state index in [4.69, 9.17) is 11.6 Å². The highest BCUT2D eigenvalue weighted by Gasteiger charge is 2.14. The number of amides is 1. The van der Waals surface area contributed by atoms with Gasteiger partial charge in [-0.25, -0.2) is 0 Å². The van der Waals surface area contributed by atoms with E-state index in [1.807, 2.05) is 0 Å². The lowest BCUT2D eigenvalue weighted by atomic mass is 10.1. The second kappa shape index (κ2) is 8.68. The number of rotatable bonds is 7. The summed E-state index contributed by atoms with van der Waals surface area (Å²) in [4.78, 5) is 22.3. The maximum Gasteiger partial charge on any atom is 0.288 e. The normalized spacial score (nSPS) is 11.2. The molecule has 7 nitrogen and oxygen atoms in total. The average molecular weight is 381 g/mol. The average Bonchev–Trinajstić information content (AvgIpc) is 3.03. The number of anilines is 1. The van der Waals surface area contributed by atoms with Crippen LogP contribution in [0.1, 0.15) is 43.2 Å². The van der Waals surface area contributed by atoms with Gasteiger partial charge in [0.2, 0.25) is 11.0 Å². The Balaban J connectivity index is 2.04. The quantitative estimate of drug-likeness (QED) is 0.428. The molecule has 25 heavy (non-hydrogen) atoms. The van der Waals surface area contributed by atoms with Crippen LogP contribution in [0.15, 0.2) is 24.3 Å². The molecule has 132 valence electrons. The van der Waals surface area contributed by atoms with Crippen LogP contribution in [0.3, 0.4) is 0 Å². The highest BCUT2D eigenvalue weighted by atomic mass is 35.5. The molecule has 1 N–H and O–H groups in total. The van der Waals surface area contributed by atoms with Gasteiger partial charge in [-0.15, -0.1) is 10.2 Å². The third kappa shape index (κ3) is 5.07. The van der Waals surface area contributed by atoms with Crippen molar-refractivity contribution >= 4 is 45.7 Å². The van der Waals surface area contributed by atoms with E-state index in [2.05, 4.69) is 29.4 Å². The van der Waals surface area contributed by atoms with Crippen molar-refractivity contribution < 1.29 is 9.72 Å². The Morgan fingerprint density at radius 2 is 2.12 bits per heavy atom. The minimum Gasteiger partial charge on any atom is -0.297 e. The van der Waals surface area contributed by atoms with Gasteiger partial charge in [0.1, 0.15) is 10.0 Å². The molecule has 0 fully saturated rings. The van der Waals surface area contributed by atoms with Crippen LogP contribution in [0, 0.1) is 10.1 Å². The predicted molar refractivity (Wildman–Crippen MR) is 99.0 cm³/mol. The largest absolute Gasteiger partial charge is 0.297 e. The molecule has 1 heterocycles. The summed E-state index contributed by atoms with van der Waals surface area (Å²) < 4.78 is 0. The van der Waals surface area contributed by atoms with Gasteiger partial charge < -0.3 is 0 Å². The van der Waals surface area contributed by atoms with Crippen LogP contribution >= 0.6 is 22.9 Å². The molecule has 1 aromatic heterocycles. The smallest absolute Gasteiger partial charge is 0.288 e. The fourth-order valence-corrected chi connectivity index (χ4v) is 3.38. The summed E-state index contributed by atoms with van der Waals surface area (Å²) in [5, 5.41) is 23.0. The molecule has 0 bridgehead atoms. The van der Waals surface area contributed by atoms with Crippen LogP contribution in [0.4, 0.5) is 10.8 Å². The number of nitro benzene ring substituents is 1. The molecule has 0 aliphatic carbocycles. The number of hydrogen-bond acceptors (Lipinski definition) is 6. The van der Waals surface area contributed by atoms with Crippen molar-refractivity contribution in [2.45, 2.75) is 32.6 Å². The fraction of sp³-hybridized carbons (Fsp3) is 0.312. The summed E-state index contributed by atoms with van der Waals surface area (Å²) in [7, 11) is 0. The number of nitro groups is 1. The van der Waals surface area contributed by atoms with Crippen molar-refractivity contribution in [2.75, 3.05) is 5.32 Å². The zero-order valence-electron chi connectivity index (χ0n) is 13.7. The van der Waals surface area contributed by atoms with E-state index >= 15 is 0 Å². The summed E-state index contributed by atoms with van der Waals surface area (Å²) >= 11 is 7.11. The third-order valence-corrected chi connectivity index (χ3v) is 4.92. The molecular formula is C16H17ClN4O3S. The van der Waals surface area contributed by atoms with Crippen LogP contribution in [-0.2, 0) is 4.79 Å². The van der Waals surface area contributed by atoms with Gasteiger partial charge in [0.15, 0.2) is 0 Å². The molecule has 2 rings (SSSR count). The lowest BCUT2D eigenvalue weighted by molar-refractivity contribution is -0.384. The van der Waals surface area contributed by atoms with Crippen molar-refractivity contribution in [3.63, 3.8) is 0 Å². The molecule has 0 aliphatic heterocycles. The Morgan fingerprint density at radius 3 is 2.76 bits per heavy atom. The molecule has 0 radical (unpaired) electrons. The van der Waals surface area contributed by atoms with E-state index in [9.17, 15) is 14.9 Å². The number of nitrogens with zero attached hydrogens (tertiary/aromatic N) is 3. The van der Waals surface area contributed by atoms with E-state index in [0.29, 0.717) is 16.6 Å². The Kier molecular flexibility index (Phi) is 6.60. The van der Waals surface area contributed by atoms with Crippen molar-refractivity contribution in [3.05, 3.63) is 50.0 Å². The standard InChI is InChI=1S/C16H17ClN4O3S/c1-3-11(4-2)15-19-20-16(25-15)18-14(22)8-6-10-5-7-12(17)13(9-10)21(23)24/h5-9,11H,3-4H2,1-2H3,(H,18,20,22)/b8-6+. The lowest BCUT2D eigenvalue weighted by Crippen LogP contribution is -2.07. The number of carbonyl (C=O) groups excluding carboxylic acids is 1. The number of aromatic nitrogens is 2. The van der Waals surface area contributed by atoms with E-state index in [1.165, 1.54) is 35.6 Å². The van der Waals surface area contributed by atoms with Gasteiger partial charge in [-0.2, -0.15) is 0 Å². The van der Waals surface area contributed by atoms with Crippen molar-refractivity contribution in [1.82, 2.24) is 10.2 Å². The number of benzene rings is 1. The van der Waals surface area contributed by atoms with E-state index in [-0.39, 0.29) is 16.6 Å². The van der Waals surface area contributed by atoms with Crippen molar-refractivity contribution in [2.24, 2.45) is 0 Å². The van der Waals surface area contributed by atoms with E-state index < -0.39 is 4.92 Å². The fourth-order valence-electron chi connectivity index (χ4n) is 2.18. The van der Waals surface area contributed by atoms with Gasteiger partial charge in [-0.05, 0) is 30.5 Å². The molecule has 0 aliphatic rings. The van der Waals surface area contributed by atoms with Crippen molar-refractivity contribution in [1.29, 1.82) is 0 Å². The minimum atomic E-state index is -0.569. The van der Waals surface area contributed by atoms with Crippen LogP contribution < -0.4 is 5.32 Å². The summed E-state index contributed by atoms with van der Waals surface area (Å²) in [5.74, 6) is -0.0434. The molecule has 9 heteroatoms. The SMILES string of the molecule is CCC(CC)c1nnc(NC(=O)/C=C/c2ccc(Cl)c([N+](=O)[O-])c2)s1. The van der Waals surface area contributed by atoms with Gasteiger partial charge in [-0.3, -0.25) is 20.2 Å². The summed E-state index contributed by atoms with van der Waals surface area (Å²) in [5.41, 5.74) is 0.296. The lowest BCUT2D eigenvalue weighted by Gasteiger charge is -2.05. The highest BCUT2D eigenvalue weighted by Crippen LogP contribution is 2.28. The molecule has 0 spiro atoms. The van der Waals surface area contributed by atoms with Gasteiger partial charge in [-0.1, -0.05) is 42.9 Å². The number of halogens is 1. The Hall–Kier alpha value is -2.32. The number of nitrogens with one attached hydrogen (secondary N) is 1. The first kappa shape index (κ1) is 19.0. The summed E-state index contributed by atoms with van der Waals surface area (Å²) in [6.45, 7) is 4.17. The van der Waals surface area contributed by atoms with Gasteiger partial charge >= 0.3 is 0 Å². The van der Waals surface area contributed by atoms with Gasteiger partial charge in [0.25, 0.3) is 5.69 Å². The van der Waals surface area contributed by atoms with Gasteiger partial charge in [0, 0.05) is 18.1 Å². The van der Waals surface area contributed by atoms with Crippen molar-refractivity contribution in [3.8, 4) is 0 Å².